The van der Waals surface area contributed by atoms with Crippen LogP contribution in [0.3, 0.4) is 0 Å². The van der Waals surface area contributed by atoms with Crippen LogP contribution in [0.1, 0.15) is 12.5 Å². The number of ether oxygens (including phenoxy) is 2. The predicted molar refractivity (Wildman–Crippen MR) is 106 cm³/mol. The van der Waals surface area contributed by atoms with Crippen molar-refractivity contribution >= 4 is 40.4 Å². The summed E-state index contributed by atoms with van der Waals surface area (Å²) in [6.07, 6.45) is 1.38. The summed E-state index contributed by atoms with van der Waals surface area (Å²) in [5.41, 5.74) is 2.65. The fourth-order valence-electron chi connectivity index (χ4n) is 2.02. The number of benzene rings is 2. The molecule has 142 valence electrons. The minimum atomic E-state index is -0.589. The zero-order valence-electron chi connectivity index (χ0n) is 14.2. The summed E-state index contributed by atoms with van der Waals surface area (Å²) < 4.78 is 11.1. The number of nitrogens with zero attached hydrogens (tertiary/aromatic N) is 2. The zero-order valence-corrected chi connectivity index (χ0v) is 16.4. The topological polar surface area (TPSA) is 123 Å². The van der Waals surface area contributed by atoms with Gasteiger partial charge < -0.3 is 14.6 Å². The number of phenolic OH excluding ortho intramolecular Hbond substituents is 1. The molecule has 0 heterocycles. The third-order valence-corrected chi connectivity index (χ3v) is 4.00. The smallest absolute Gasteiger partial charge is 0.310 e. The molecule has 10 heteroatoms. The van der Waals surface area contributed by atoms with Crippen molar-refractivity contribution < 1.29 is 24.3 Å². The van der Waals surface area contributed by atoms with Crippen LogP contribution in [0.25, 0.3) is 0 Å². The van der Waals surface area contributed by atoms with Gasteiger partial charge in [0, 0.05) is 6.07 Å². The Labute approximate surface area is 168 Å². The van der Waals surface area contributed by atoms with Crippen LogP contribution in [0.2, 0.25) is 0 Å². The Hall–Kier alpha value is -2.89. The van der Waals surface area contributed by atoms with Gasteiger partial charge in [-0.25, -0.2) is 5.43 Å². The van der Waals surface area contributed by atoms with Crippen molar-refractivity contribution in [1.82, 2.24) is 5.43 Å². The first kappa shape index (κ1) is 20.4. The van der Waals surface area contributed by atoms with Gasteiger partial charge in [0.05, 0.1) is 21.3 Å². The minimum absolute atomic E-state index is 0.00364. The van der Waals surface area contributed by atoms with Gasteiger partial charge in [0.2, 0.25) is 0 Å². The Kier molecular flexibility index (Phi) is 7.34. The largest absolute Gasteiger partial charge is 0.504 e. The lowest BCUT2D eigenvalue weighted by molar-refractivity contribution is -0.385. The van der Waals surface area contributed by atoms with Gasteiger partial charge in [-0.05, 0) is 53.3 Å². The molecule has 0 radical (unpaired) electrons. The Bertz CT molecular complexity index is 872. The SMILES string of the molecule is CCOc1cc(C=NNC(=O)COc2ccccc2[N+](=O)[O-])cc(I)c1O. The maximum Gasteiger partial charge on any atom is 0.310 e. The number of carbonyl (C=O) groups is 1. The number of amides is 1. The maximum absolute atomic E-state index is 11.8. The van der Waals surface area contributed by atoms with Gasteiger partial charge in [-0.15, -0.1) is 0 Å². The molecule has 0 unspecified atom stereocenters. The standard InChI is InChI=1S/C17H16IN3O6/c1-2-26-15-8-11(7-12(18)17(15)23)9-19-20-16(22)10-27-14-6-4-3-5-13(14)21(24)25/h3-9,23H,2,10H2,1H3,(H,20,22). The van der Waals surface area contributed by atoms with Crippen LogP contribution in [-0.4, -0.2) is 35.4 Å². The Morgan fingerprint density at radius 3 is 2.78 bits per heavy atom. The van der Waals surface area contributed by atoms with Gasteiger partial charge in [0.1, 0.15) is 0 Å². The molecular formula is C17H16IN3O6. The van der Waals surface area contributed by atoms with E-state index in [0.717, 1.165) is 0 Å². The summed E-state index contributed by atoms with van der Waals surface area (Å²) in [5, 5.41) is 24.6. The van der Waals surface area contributed by atoms with E-state index in [1.165, 1.54) is 24.4 Å². The summed E-state index contributed by atoms with van der Waals surface area (Å²) in [6.45, 7) is 1.76. The van der Waals surface area contributed by atoms with Crippen LogP contribution in [0.15, 0.2) is 41.5 Å². The molecule has 2 aromatic carbocycles. The number of hydrazone groups is 1. The summed E-state index contributed by atoms with van der Waals surface area (Å²) >= 11 is 1.95. The summed E-state index contributed by atoms with van der Waals surface area (Å²) in [6, 6.07) is 9.01. The number of nitro groups is 1. The maximum atomic E-state index is 11.8. The van der Waals surface area contributed by atoms with Crippen molar-refractivity contribution in [3.63, 3.8) is 0 Å². The van der Waals surface area contributed by atoms with Gasteiger partial charge >= 0.3 is 5.69 Å². The lowest BCUT2D eigenvalue weighted by Gasteiger charge is -2.08. The molecule has 0 aliphatic rings. The average molecular weight is 485 g/mol. The van der Waals surface area contributed by atoms with Gasteiger partial charge in [0.15, 0.2) is 23.9 Å². The summed E-state index contributed by atoms with van der Waals surface area (Å²) in [4.78, 5) is 22.1. The van der Waals surface area contributed by atoms with Gasteiger partial charge in [-0.2, -0.15) is 5.10 Å². The van der Waals surface area contributed by atoms with Crippen molar-refractivity contribution in [2.45, 2.75) is 6.92 Å². The van der Waals surface area contributed by atoms with E-state index in [1.807, 2.05) is 22.6 Å². The van der Waals surface area contributed by atoms with Crippen molar-refractivity contribution in [1.29, 1.82) is 0 Å². The minimum Gasteiger partial charge on any atom is -0.504 e. The molecule has 9 nitrogen and oxygen atoms in total. The second kappa shape index (κ2) is 9.71. The van der Waals surface area contributed by atoms with Crippen LogP contribution in [0.5, 0.6) is 17.2 Å². The van der Waals surface area contributed by atoms with E-state index in [1.54, 1.807) is 25.1 Å². The number of phenols is 1. The molecule has 0 saturated heterocycles. The third-order valence-electron chi connectivity index (χ3n) is 3.17. The van der Waals surface area contributed by atoms with Crippen LogP contribution in [0, 0.1) is 13.7 Å². The number of hydrogen-bond acceptors (Lipinski definition) is 7. The average Bonchev–Trinajstić information content (AvgIpc) is 2.64. The van der Waals surface area contributed by atoms with Gasteiger partial charge in [-0.3, -0.25) is 14.9 Å². The molecule has 27 heavy (non-hydrogen) atoms. The van der Waals surface area contributed by atoms with E-state index in [9.17, 15) is 20.0 Å². The molecule has 0 aromatic heterocycles. The number of halogens is 1. The molecule has 0 atom stereocenters. The van der Waals surface area contributed by atoms with E-state index in [-0.39, 0.29) is 17.2 Å². The highest BCUT2D eigenvalue weighted by molar-refractivity contribution is 14.1. The highest BCUT2D eigenvalue weighted by Crippen LogP contribution is 2.32. The molecule has 0 saturated carbocycles. The zero-order chi connectivity index (χ0) is 19.8. The second-order valence-electron chi connectivity index (χ2n) is 5.09. The predicted octanol–water partition coefficient (Wildman–Crippen LogP) is 2.83. The lowest BCUT2D eigenvalue weighted by atomic mass is 10.2. The molecule has 0 aliphatic carbocycles. The normalized spacial score (nSPS) is 10.6. The van der Waals surface area contributed by atoms with Crippen molar-refractivity contribution in [3.8, 4) is 17.2 Å². The van der Waals surface area contributed by atoms with Crippen LogP contribution in [-0.2, 0) is 4.79 Å². The number of nitrogens with one attached hydrogen (secondary N) is 1. The fourth-order valence-corrected chi connectivity index (χ4v) is 2.64. The molecule has 0 bridgehead atoms. The summed E-state index contributed by atoms with van der Waals surface area (Å²) in [7, 11) is 0. The number of carbonyl (C=O) groups excluding carboxylic acids is 1. The monoisotopic (exact) mass is 485 g/mol. The van der Waals surface area contributed by atoms with Crippen LogP contribution < -0.4 is 14.9 Å². The van der Waals surface area contributed by atoms with Crippen molar-refractivity contribution in [2.75, 3.05) is 13.2 Å². The first-order valence-corrected chi connectivity index (χ1v) is 8.83. The molecule has 2 aromatic rings. The Morgan fingerprint density at radius 1 is 1.33 bits per heavy atom. The number of nitro benzene ring substituents is 1. The van der Waals surface area contributed by atoms with Crippen LogP contribution in [0.4, 0.5) is 5.69 Å². The quantitative estimate of drug-likeness (QED) is 0.257. The van der Waals surface area contributed by atoms with E-state index in [4.69, 9.17) is 9.47 Å². The van der Waals surface area contributed by atoms with E-state index in [0.29, 0.717) is 21.5 Å². The lowest BCUT2D eigenvalue weighted by Crippen LogP contribution is -2.24. The molecule has 0 fully saturated rings. The number of rotatable bonds is 8. The first-order chi connectivity index (χ1) is 12.9. The van der Waals surface area contributed by atoms with E-state index in [2.05, 4.69) is 10.5 Å². The molecule has 2 rings (SSSR count). The van der Waals surface area contributed by atoms with Crippen molar-refractivity contribution in [3.05, 3.63) is 55.6 Å². The second-order valence-corrected chi connectivity index (χ2v) is 6.25. The molecular weight excluding hydrogens is 469 g/mol. The molecule has 0 aliphatic heterocycles. The molecule has 2 N–H and O–H groups in total. The van der Waals surface area contributed by atoms with Gasteiger partial charge in [0.25, 0.3) is 5.91 Å². The van der Waals surface area contributed by atoms with Crippen molar-refractivity contribution in [2.24, 2.45) is 5.10 Å². The highest BCUT2D eigenvalue weighted by atomic mass is 127. The van der Waals surface area contributed by atoms with Gasteiger partial charge in [-0.1, -0.05) is 12.1 Å². The number of aromatic hydroxyl groups is 1. The van der Waals surface area contributed by atoms with E-state index >= 15 is 0 Å². The highest BCUT2D eigenvalue weighted by Gasteiger charge is 2.14. The fraction of sp³-hybridized carbons (Fsp3) is 0.176. The Balaban J connectivity index is 1.95. The summed E-state index contributed by atoms with van der Waals surface area (Å²) in [5.74, 6) is -0.229. The first-order valence-electron chi connectivity index (χ1n) is 7.75. The molecule has 0 spiro atoms. The van der Waals surface area contributed by atoms with Crippen LogP contribution >= 0.6 is 22.6 Å². The molecule has 1 amide bonds. The third kappa shape index (κ3) is 5.81. The number of hydrogen-bond donors (Lipinski definition) is 2. The Morgan fingerprint density at radius 2 is 2.07 bits per heavy atom. The van der Waals surface area contributed by atoms with E-state index < -0.39 is 17.4 Å². The number of para-hydroxylation sites is 2.